The first-order valence-electron chi connectivity index (χ1n) is 5.21. The van der Waals surface area contributed by atoms with Gasteiger partial charge < -0.3 is 5.32 Å². The molecule has 0 bridgehead atoms. The summed E-state index contributed by atoms with van der Waals surface area (Å²) in [6, 6.07) is 8.13. The normalized spacial score (nSPS) is 30.2. The summed E-state index contributed by atoms with van der Waals surface area (Å²) in [7, 11) is 0. The van der Waals surface area contributed by atoms with Crippen molar-refractivity contribution in [1.29, 1.82) is 0 Å². The summed E-state index contributed by atoms with van der Waals surface area (Å²) in [6.07, 6.45) is 3.78. The Bertz CT molecular complexity index is 343. The number of nitrogens with one attached hydrogen (secondary N) is 1. The Morgan fingerprint density at radius 1 is 1.31 bits per heavy atom. The van der Waals surface area contributed by atoms with Crippen molar-refractivity contribution in [2.45, 2.75) is 38.3 Å². The van der Waals surface area contributed by atoms with E-state index in [1.54, 1.807) is 16.7 Å². The first kappa shape index (κ1) is 7.57. The van der Waals surface area contributed by atoms with Crippen molar-refractivity contribution in [3.05, 3.63) is 34.9 Å². The molecule has 0 fully saturated rings. The lowest BCUT2D eigenvalue weighted by Crippen LogP contribution is -2.35. The average molecular weight is 173 g/mol. The highest BCUT2D eigenvalue weighted by molar-refractivity contribution is 5.43. The Kier molecular flexibility index (Phi) is 1.50. The third-order valence-corrected chi connectivity index (χ3v) is 3.35. The molecular formula is C12H15N. The van der Waals surface area contributed by atoms with Gasteiger partial charge in [0.2, 0.25) is 0 Å². The van der Waals surface area contributed by atoms with Crippen molar-refractivity contribution < 1.29 is 0 Å². The van der Waals surface area contributed by atoms with Gasteiger partial charge in [-0.05, 0) is 42.9 Å². The van der Waals surface area contributed by atoms with E-state index in [-0.39, 0.29) is 0 Å². The fourth-order valence-electron chi connectivity index (χ4n) is 2.85. The van der Waals surface area contributed by atoms with E-state index in [4.69, 9.17) is 0 Å². The Hall–Kier alpha value is -0.820. The number of benzene rings is 1. The maximum absolute atomic E-state index is 3.67. The van der Waals surface area contributed by atoms with Crippen molar-refractivity contribution in [2.75, 3.05) is 0 Å². The van der Waals surface area contributed by atoms with E-state index >= 15 is 0 Å². The summed E-state index contributed by atoms with van der Waals surface area (Å²) in [6.45, 7) is 2.29. The quantitative estimate of drug-likeness (QED) is 0.634. The van der Waals surface area contributed by atoms with E-state index in [1.807, 2.05) is 0 Å². The molecule has 2 unspecified atom stereocenters. The molecule has 3 rings (SSSR count). The minimum atomic E-state index is 0.658. The third-order valence-electron chi connectivity index (χ3n) is 3.35. The topological polar surface area (TPSA) is 12.0 Å². The summed E-state index contributed by atoms with van der Waals surface area (Å²) in [5.41, 5.74) is 4.80. The monoisotopic (exact) mass is 173 g/mol. The van der Waals surface area contributed by atoms with Gasteiger partial charge in [-0.2, -0.15) is 0 Å². The summed E-state index contributed by atoms with van der Waals surface area (Å²) < 4.78 is 0. The van der Waals surface area contributed by atoms with E-state index in [2.05, 4.69) is 30.4 Å². The van der Waals surface area contributed by atoms with Gasteiger partial charge in [-0.3, -0.25) is 0 Å². The average Bonchev–Trinajstić information content (AvgIpc) is 2.50. The van der Waals surface area contributed by atoms with Gasteiger partial charge in [0.15, 0.2) is 0 Å². The molecular weight excluding hydrogens is 158 g/mol. The van der Waals surface area contributed by atoms with Crippen molar-refractivity contribution in [1.82, 2.24) is 5.32 Å². The maximum Gasteiger partial charge on any atom is 0.0331 e. The standard InChI is InChI=1S/C12H15N/c1-8-7-10-4-2-3-9-5-6-11(13-8)12(9)10/h2-4,8,11,13H,5-7H2,1H3. The number of aryl methyl sites for hydroxylation is 1. The first-order valence-corrected chi connectivity index (χ1v) is 5.21. The molecule has 2 aliphatic rings. The Morgan fingerprint density at radius 3 is 3.08 bits per heavy atom. The molecule has 1 aromatic carbocycles. The zero-order valence-electron chi connectivity index (χ0n) is 8.01. The molecule has 1 heteroatoms. The predicted octanol–water partition coefficient (Wildman–Crippen LogP) is 2.21. The molecule has 0 aromatic heterocycles. The largest absolute Gasteiger partial charge is 0.307 e. The zero-order chi connectivity index (χ0) is 8.84. The minimum Gasteiger partial charge on any atom is -0.307 e. The highest BCUT2D eigenvalue weighted by Crippen LogP contribution is 2.37. The van der Waals surface area contributed by atoms with E-state index in [1.165, 1.54) is 19.3 Å². The molecule has 0 saturated carbocycles. The molecule has 0 radical (unpaired) electrons. The van der Waals surface area contributed by atoms with Gasteiger partial charge in [-0.1, -0.05) is 18.2 Å². The smallest absolute Gasteiger partial charge is 0.0331 e. The Balaban J connectivity index is 2.16. The van der Waals surface area contributed by atoms with E-state index < -0.39 is 0 Å². The molecule has 1 aliphatic heterocycles. The number of hydrogen-bond acceptors (Lipinski definition) is 1. The maximum atomic E-state index is 3.67. The molecule has 13 heavy (non-hydrogen) atoms. The third kappa shape index (κ3) is 1.03. The second-order valence-corrected chi connectivity index (χ2v) is 4.35. The second kappa shape index (κ2) is 2.58. The van der Waals surface area contributed by atoms with Crippen molar-refractivity contribution >= 4 is 0 Å². The molecule has 0 spiro atoms. The van der Waals surface area contributed by atoms with Gasteiger partial charge in [0.05, 0.1) is 0 Å². The van der Waals surface area contributed by atoms with Crippen LogP contribution in [-0.4, -0.2) is 6.04 Å². The zero-order valence-corrected chi connectivity index (χ0v) is 8.01. The fraction of sp³-hybridized carbons (Fsp3) is 0.500. The van der Waals surface area contributed by atoms with E-state index in [0.717, 1.165) is 0 Å². The van der Waals surface area contributed by atoms with E-state index in [9.17, 15) is 0 Å². The van der Waals surface area contributed by atoms with Crippen LogP contribution in [0.1, 0.15) is 36.1 Å². The van der Waals surface area contributed by atoms with Crippen molar-refractivity contribution in [3.63, 3.8) is 0 Å². The summed E-state index contributed by atoms with van der Waals surface area (Å²) >= 11 is 0. The van der Waals surface area contributed by atoms with Crippen LogP contribution in [0.2, 0.25) is 0 Å². The fourth-order valence-corrected chi connectivity index (χ4v) is 2.85. The molecule has 1 aromatic rings. The molecule has 0 saturated heterocycles. The molecule has 1 nitrogen and oxygen atoms in total. The van der Waals surface area contributed by atoms with Crippen molar-refractivity contribution in [3.8, 4) is 0 Å². The second-order valence-electron chi connectivity index (χ2n) is 4.35. The van der Waals surface area contributed by atoms with Crippen LogP contribution in [0, 0.1) is 0 Å². The SMILES string of the molecule is CC1Cc2cccc3c2C(CC3)N1. The van der Waals surface area contributed by atoms with Crippen LogP contribution in [0.3, 0.4) is 0 Å². The predicted molar refractivity (Wildman–Crippen MR) is 53.8 cm³/mol. The Labute approximate surface area is 79.2 Å². The van der Waals surface area contributed by atoms with Crippen LogP contribution in [-0.2, 0) is 12.8 Å². The van der Waals surface area contributed by atoms with Gasteiger partial charge in [0.1, 0.15) is 0 Å². The molecule has 0 amide bonds. The van der Waals surface area contributed by atoms with Crippen LogP contribution in [0.25, 0.3) is 0 Å². The lowest BCUT2D eigenvalue weighted by molar-refractivity contribution is 0.424. The molecule has 68 valence electrons. The molecule has 1 N–H and O–H groups in total. The van der Waals surface area contributed by atoms with E-state index in [0.29, 0.717) is 12.1 Å². The molecule has 1 heterocycles. The summed E-state index contributed by atoms with van der Waals surface area (Å²) in [5, 5.41) is 3.67. The number of hydrogen-bond donors (Lipinski definition) is 1. The van der Waals surface area contributed by atoms with Gasteiger partial charge in [0, 0.05) is 12.1 Å². The highest BCUT2D eigenvalue weighted by atomic mass is 15.0. The lowest BCUT2D eigenvalue weighted by atomic mass is 9.91. The Morgan fingerprint density at radius 2 is 2.15 bits per heavy atom. The summed E-state index contributed by atoms with van der Waals surface area (Å²) in [5.74, 6) is 0. The first-order chi connectivity index (χ1) is 6.34. The van der Waals surface area contributed by atoms with Crippen LogP contribution < -0.4 is 5.32 Å². The van der Waals surface area contributed by atoms with Gasteiger partial charge in [-0.15, -0.1) is 0 Å². The van der Waals surface area contributed by atoms with Crippen molar-refractivity contribution in [2.24, 2.45) is 0 Å². The molecule has 2 atom stereocenters. The highest BCUT2D eigenvalue weighted by Gasteiger charge is 2.29. The number of rotatable bonds is 0. The van der Waals surface area contributed by atoms with Gasteiger partial charge >= 0.3 is 0 Å². The van der Waals surface area contributed by atoms with Gasteiger partial charge in [-0.25, -0.2) is 0 Å². The lowest BCUT2D eigenvalue weighted by Gasteiger charge is -2.28. The van der Waals surface area contributed by atoms with Crippen LogP contribution in [0.15, 0.2) is 18.2 Å². The molecule has 1 aliphatic carbocycles. The minimum absolute atomic E-state index is 0.658. The van der Waals surface area contributed by atoms with Gasteiger partial charge in [0.25, 0.3) is 0 Å². The summed E-state index contributed by atoms with van der Waals surface area (Å²) in [4.78, 5) is 0. The van der Waals surface area contributed by atoms with Crippen LogP contribution in [0.5, 0.6) is 0 Å². The van der Waals surface area contributed by atoms with Crippen LogP contribution in [0.4, 0.5) is 0 Å². The van der Waals surface area contributed by atoms with Crippen LogP contribution >= 0.6 is 0 Å².